The molecule has 6 heteroatoms. The van der Waals surface area contributed by atoms with Gasteiger partial charge in [0.05, 0.1) is 14.1 Å². The number of halogens is 2. The smallest absolute Gasteiger partial charge is 0.228 e. The van der Waals surface area contributed by atoms with Gasteiger partial charge in [0.2, 0.25) is 0 Å². The molecule has 3 aromatic rings. The normalized spacial score (nSPS) is 11.9. The molecule has 0 spiro atoms. The Balaban J connectivity index is 2.32. The Kier molecular flexibility index (Phi) is 3.51. The highest BCUT2D eigenvalue weighted by Gasteiger charge is 2.21. The average Bonchev–Trinajstić information content (AvgIpc) is 2.75. The zero-order chi connectivity index (χ0) is 14.3. The molecule has 3 nitrogen and oxygen atoms in total. The summed E-state index contributed by atoms with van der Waals surface area (Å²) in [6.07, 6.45) is 0. The van der Waals surface area contributed by atoms with Crippen LogP contribution in [0.3, 0.4) is 0 Å². The molecular formula is C14H9ClINO2S. The third-order valence-corrected chi connectivity index (χ3v) is 6.06. The van der Waals surface area contributed by atoms with Crippen molar-refractivity contribution in [3.05, 3.63) is 63.3 Å². The standard InChI is InChI=1S/C14H9ClINO2S/c15-11-6-7-13-10(8-11)9-14(16)17(13)20(18,19)12-4-2-1-3-5-12/h1-9H. The van der Waals surface area contributed by atoms with Crippen LogP contribution < -0.4 is 0 Å². The first-order valence-corrected chi connectivity index (χ1v) is 8.67. The average molecular weight is 418 g/mol. The predicted molar refractivity (Wildman–Crippen MR) is 88.7 cm³/mol. The van der Waals surface area contributed by atoms with Gasteiger partial charge in [0.1, 0.15) is 0 Å². The summed E-state index contributed by atoms with van der Waals surface area (Å²) in [7, 11) is -3.60. The van der Waals surface area contributed by atoms with Crippen molar-refractivity contribution in [3.8, 4) is 0 Å². The summed E-state index contributed by atoms with van der Waals surface area (Å²) < 4.78 is 27.4. The second-order valence-corrected chi connectivity index (χ2v) is 7.58. The van der Waals surface area contributed by atoms with Gasteiger partial charge in [-0.2, -0.15) is 0 Å². The van der Waals surface area contributed by atoms with Gasteiger partial charge in [-0.15, -0.1) is 0 Å². The zero-order valence-electron chi connectivity index (χ0n) is 10.1. The van der Waals surface area contributed by atoms with E-state index in [2.05, 4.69) is 0 Å². The summed E-state index contributed by atoms with van der Waals surface area (Å²) in [5.41, 5.74) is 0.627. The van der Waals surface area contributed by atoms with E-state index in [0.29, 0.717) is 14.2 Å². The van der Waals surface area contributed by atoms with E-state index in [1.54, 1.807) is 48.5 Å². The molecule has 1 heterocycles. The molecule has 0 aliphatic rings. The summed E-state index contributed by atoms with van der Waals surface area (Å²) in [5.74, 6) is 0. The van der Waals surface area contributed by atoms with Gasteiger partial charge >= 0.3 is 0 Å². The van der Waals surface area contributed by atoms with Crippen LogP contribution in [0.5, 0.6) is 0 Å². The maximum atomic E-state index is 12.7. The molecule has 0 atom stereocenters. The first-order chi connectivity index (χ1) is 9.50. The van der Waals surface area contributed by atoms with Crippen LogP contribution in [-0.4, -0.2) is 12.4 Å². The van der Waals surface area contributed by atoms with E-state index in [1.165, 1.54) is 3.97 Å². The largest absolute Gasteiger partial charge is 0.269 e. The van der Waals surface area contributed by atoms with Gasteiger partial charge in [0, 0.05) is 10.4 Å². The molecule has 0 aliphatic heterocycles. The summed E-state index contributed by atoms with van der Waals surface area (Å²) in [6, 6.07) is 15.4. The van der Waals surface area contributed by atoms with E-state index in [0.717, 1.165) is 5.39 Å². The number of aromatic nitrogens is 1. The molecule has 2 aromatic carbocycles. The molecule has 0 fully saturated rings. The maximum absolute atomic E-state index is 12.7. The van der Waals surface area contributed by atoms with Crippen molar-refractivity contribution in [3.63, 3.8) is 0 Å². The third-order valence-electron chi connectivity index (χ3n) is 2.96. The Morgan fingerprint density at radius 1 is 1.00 bits per heavy atom. The zero-order valence-corrected chi connectivity index (χ0v) is 13.9. The fourth-order valence-electron chi connectivity index (χ4n) is 2.07. The molecule has 0 N–H and O–H groups in total. The first-order valence-electron chi connectivity index (χ1n) is 5.77. The molecule has 0 aliphatic carbocycles. The summed E-state index contributed by atoms with van der Waals surface area (Å²) in [6.45, 7) is 0. The molecule has 102 valence electrons. The van der Waals surface area contributed by atoms with Crippen molar-refractivity contribution in [2.45, 2.75) is 4.90 Å². The predicted octanol–water partition coefficient (Wildman–Crippen LogP) is 4.14. The van der Waals surface area contributed by atoms with Crippen molar-refractivity contribution in [2.75, 3.05) is 0 Å². The minimum atomic E-state index is -3.60. The number of nitrogens with zero attached hydrogens (tertiary/aromatic N) is 1. The van der Waals surface area contributed by atoms with E-state index in [-0.39, 0.29) is 4.90 Å². The van der Waals surface area contributed by atoms with Gasteiger partial charge in [0.15, 0.2) is 0 Å². The van der Waals surface area contributed by atoms with Crippen LogP contribution >= 0.6 is 34.2 Å². The van der Waals surface area contributed by atoms with E-state index >= 15 is 0 Å². The van der Waals surface area contributed by atoms with Crippen LogP contribution in [0.4, 0.5) is 0 Å². The highest BCUT2D eigenvalue weighted by atomic mass is 127. The van der Waals surface area contributed by atoms with Crippen molar-refractivity contribution in [1.29, 1.82) is 0 Å². The highest BCUT2D eigenvalue weighted by Crippen LogP contribution is 2.28. The topological polar surface area (TPSA) is 39.1 Å². The molecule has 0 saturated heterocycles. The fourth-order valence-corrected chi connectivity index (χ4v) is 5.04. The molecule has 0 unspecified atom stereocenters. The molecule has 20 heavy (non-hydrogen) atoms. The van der Waals surface area contributed by atoms with Crippen molar-refractivity contribution >= 4 is 55.1 Å². The Labute approximate surface area is 135 Å². The minimum absolute atomic E-state index is 0.269. The van der Waals surface area contributed by atoms with Crippen LogP contribution in [0.1, 0.15) is 0 Å². The summed E-state index contributed by atoms with van der Waals surface area (Å²) in [4.78, 5) is 0.269. The number of benzene rings is 2. The van der Waals surface area contributed by atoms with Crippen LogP contribution in [0.2, 0.25) is 5.02 Å². The molecular weight excluding hydrogens is 409 g/mol. The summed E-state index contributed by atoms with van der Waals surface area (Å²) in [5, 5.41) is 1.39. The lowest BCUT2D eigenvalue weighted by Gasteiger charge is -2.09. The lowest BCUT2D eigenvalue weighted by atomic mass is 10.2. The van der Waals surface area contributed by atoms with Crippen LogP contribution in [0.25, 0.3) is 10.9 Å². The van der Waals surface area contributed by atoms with E-state index in [1.807, 2.05) is 28.7 Å². The fraction of sp³-hybridized carbons (Fsp3) is 0. The number of hydrogen-bond acceptors (Lipinski definition) is 2. The van der Waals surface area contributed by atoms with Crippen molar-refractivity contribution in [1.82, 2.24) is 3.97 Å². The molecule has 3 rings (SSSR count). The summed E-state index contributed by atoms with van der Waals surface area (Å²) >= 11 is 7.97. The Morgan fingerprint density at radius 3 is 2.40 bits per heavy atom. The maximum Gasteiger partial charge on any atom is 0.269 e. The van der Waals surface area contributed by atoms with Crippen molar-refractivity contribution in [2.24, 2.45) is 0 Å². The van der Waals surface area contributed by atoms with Crippen LogP contribution in [0, 0.1) is 3.70 Å². The SMILES string of the molecule is O=S(=O)(c1ccccc1)n1c(I)cc2cc(Cl)ccc21. The van der Waals surface area contributed by atoms with Gasteiger partial charge in [-0.3, -0.25) is 0 Å². The lowest BCUT2D eigenvalue weighted by molar-refractivity contribution is 0.588. The number of hydrogen-bond donors (Lipinski definition) is 0. The first kappa shape index (κ1) is 13.9. The quantitative estimate of drug-likeness (QED) is 0.588. The van der Waals surface area contributed by atoms with Crippen LogP contribution in [0.15, 0.2) is 59.5 Å². The third kappa shape index (κ3) is 2.23. The van der Waals surface area contributed by atoms with E-state index < -0.39 is 10.0 Å². The van der Waals surface area contributed by atoms with Gasteiger partial charge in [-0.25, -0.2) is 12.4 Å². The molecule has 0 bridgehead atoms. The van der Waals surface area contributed by atoms with E-state index in [4.69, 9.17) is 11.6 Å². The monoisotopic (exact) mass is 417 g/mol. The Bertz CT molecular complexity index is 888. The molecule has 1 aromatic heterocycles. The second-order valence-electron chi connectivity index (χ2n) is 4.25. The van der Waals surface area contributed by atoms with Crippen LogP contribution in [-0.2, 0) is 10.0 Å². The highest BCUT2D eigenvalue weighted by molar-refractivity contribution is 14.1. The molecule has 0 saturated carbocycles. The van der Waals surface area contributed by atoms with Gasteiger partial charge in [0.25, 0.3) is 10.0 Å². The van der Waals surface area contributed by atoms with Crippen molar-refractivity contribution < 1.29 is 8.42 Å². The van der Waals surface area contributed by atoms with Gasteiger partial charge in [-0.1, -0.05) is 29.8 Å². The van der Waals surface area contributed by atoms with E-state index in [9.17, 15) is 8.42 Å². The molecule has 0 amide bonds. The molecule has 0 radical (unpaired) electrons. The van der Waals surface area contributed by atoms with Gasteiger partial charge in [-0.05, 0) is 59.0 Å². The number of rotatable bonds is 2. The lowest BCUT2D eigenvalue weighted by Crippen LogP contribution is -2.14. The minimum Gasteiger partial charge on any atom is -0.228 e. The Hall–Kier alpha value is -1.05. The Morgan fingerprint density at radius 2 is 1.70 bits per heavy atom. The number of fused-ring (bicyclic) bond motifs is 1. The second kappa shape index (κ2) is 5.05. The van der Waals surface area contributed by atoms with Gasteiger partial charge < -0.3 is 0 Å².